The number of aromatic amines is 1. The smallest absolute Gasteiger partial charge is 0.223 e. The summed E-state index contributed by atoms with van der Waals surface area (Å²) in [7, 11) is 0. The molecular formula is C18H27N5O. The summed E-state index contributed by atoms with van der Waals surface area (Å²) in [5, 5.41) is 4.55. The van der Waals surface area contributed by atoms with E-state index in [2.05, 4.69) is 42.0 Å². The van der Waals surface area contributed by atoms with Gasteiger partial charge in [0.1, 0.15) is 5.82 Å². The van der Waals surface area contributed by atoms with Gasteiger partial charge < -0.3 is 9.88 Å². The average molecular weight is 329 g/mol. The Hall–Kier alpha value is -2.11. The van der Waals surface area contributed by atoms with Crippen molar-refractivity contribution in [2.75, 3.05) is 13.1 Å². The Morgan fingerprint density at radius 1 is 1.42 bits per heavy atom. The predicted molar refractivity (Wildman–Crippen MR) is 93.6 cm³/mol. The van der Waals surface area contributed by atoms with Crippen molar-refractivity contribution in [3.63, 3.8) is 0 Å². The number of hydrogen-bond acceptors (Lipinski definition) is 3. The molecule has 6 heteroatoms. The van der Waals surface area contributed by atoms with Crippen molar-refractivity contribution in [3.05, 3.63) is 23.9 Å². The number of imidazole rings is 1. The molecule has 3 heterocycles. The topological polar surface area (TPSA) is 66.8 Å². The molecule has 2 aromatic heterocycles. The molecule has 1 aliphatic heterocycles. The molecule has 1 saturated heterocycles. The van der Waals surface area contributed by atoms with Crippen LogP contribution < -0.4 is 0 Å². The molecule has 0 bridgehead atoms. The van der Waals surface area contributed by atoms with Crippen molar-refractivity contribution < 1.29 is 4.79 Å². The second kappa shape index (κ2) is 6.79. The second-order valence-corrected chi connectivity index (χ2v) is 7.17. The van der Waals surface area contributed by atoms with Gasteiger partial charge in [0, 0.05) is 43.7 Å². The monoisotopic (exact) mass is 329 g/mol. The number of carbonyl (C=O) groups excluding carboxylic acids is 1. The first-order valence-electron chi connectivity index (χ1n) is 8.85. The Bertz CT molecular complexity index is 715. The van der Waals surface area contributed by atoms with Crippen molar-refractivity contribution in [1.82, 2.24) is 24.6 Å². The van der Waals surface area contributed by atoms with Crippen LogP contribution in [-0.2, 0) is 11.3 Å². The summed E-state index contributed by atoms with van der Waals surface area (Å²) < 4.78 is 1.98. The highest BCUT2D eigenvalue weighted by Crippen LogP contribution is 2.29. The molecule has 0 spiro atoms. The standard InChI is InChI=1S/C18H27N5O/c1-5-6-23-11-15(13(4)21-23)16-8-19-18(20-16)14-7-17(24)22(10-14)9-12(2)3/h8,11-12,14H,5-7,9-10H2,1-4H3,(H,19,20)/t14-/m1/s1. The number of H-pyrrole nitrogens is 1. The number of aromatic nitrogens is 4. The minimum atomic E-state index is 0.163. The van der Waals surface area contributed by atoms with Crippen LogP contribution in [0.3, 0.4) is 0 Å². The normalized spacial score (nSPS) is 18.1. The van der Waals surface area contributed by atoms with Crippen molar-refractivity contribution >= 4 is 5.91 Å². The van der Waals surface area contributed by atoms with E-state index in [4.69, 9.17) is 0 Å². The van der Waals surface area contributed by atoms with E-state index in [1.807, 2.05) is 22.7 Å². The molecule has 24 heavy (non-hydrogen) atoms. The molecule has 1 fully saturated rings. The molecule has 0 radical (unpaired) electrons. The largest absolute Gasteiger partial charge is 0.342 e. The van der Waals surface area contributed by atoms with Crippen LogP contribution in [0.1, 0.15) is 51.0 Å². The van der Waals surface area contributed by atoms with Crippen LogP contribution in [0, 0.1) is 12.8 Å². The molecule has 0 saturated carbocycles. The number of hydrogen-bond donors (Lipinski definition) is 1. The maximum atomic E-state index is 12.2. The van der Waals surface area contributed by atoms with E-state index in [1.165, 1.54) is 0 Å². The van der Waals surface area contributed by atoms with Crippen LogP contribution in [0.25, 0.3) is 11.3 Å². The van der Waals surface area contributed by atoms with Gasteiger partial charge in [-0.1, -0.05) is 20.8 Å². The van der Waals surface area contributed by atoms with Gasteiger partial charge >= 0.3 is 0 Å². The number of rotatable bonds is 6. The number of nitrogens with one attached hydrogen (secondary N) is 1. The summed E-state index contributed by atoms with van der Waals surface area (Å²) in [6.07, 6.45) is 5.55. The van der Waals surface area contributed by atoms with Crippen LogP contribution >= 0.6 is 0 Å². The van der Waals surface area contributed by atoms with Gasteiger partial charge in [-0.05, 0) is 19.3 Å². The van der Waals surface area contributed by atoms with Crippen LogP contribution in [0.4, 0.5) is 0 Å². The number of nitrogens with zero attached hydrogens (tertiary/aromatic N) is 4. The lowest BCUT2D eigenvalue weighted by Crippen LogP contribution is -2.29. The van der Waals surface area contributed by atoms with Gasteiger partial charge in [0.2, 0.25) is 5.91 Å². The molecule has 3 rings (SSSR count). The third-order valence-electron chi connectivity index (χ3n) is 4.47. The van der Waals surface area contributed by atoms with Crippen LogP contribution in [0.5, 0.6) is 0 Å². The quantitative estimate of drug-likeness (QED) is 0.886. The van der Waals surface area contributed by atoms with Crippen molar-refractivity contribution in [1.29, 1.82) is 0 Å². The molecule has 2 aromatic rings. The van der Waals surface area contributed by atoms with Crippen molar-refractivity contribution in [2.24, 2.45) is 5.92 Å². The molecule has 130 valence electrons. The molecular weight excluding hydrogens is 302 g/mol. The lowest BCUT2D eigenvalue weighted by atomic mass is 10.1. The highest BCUT2D eigenvalue weighted by Gasteiger charge is 2.32. The van der Waals surface area contributed by atoms with Gasteiger partial charge in [0.15, 0.2) is 0 Å². The molecule has 0 aliphatic carbocycles. The fourth-order valence-corrected chi connectivity index (χ4v) is 3.38. The summed E-state index contributed by atoms with van der Waals surface area (Å²) in [4.78, 5) is 22.1. The van der Waals surface area contributed by atoms with Crippen LogP contribution in [-0.4, -0.2) is 43.6 Å². The Labute approximate surface area is 143 Å². The SMILES string of the molecule is CCCn1cc(-c2cnc([C@@H]3CC(=O)N(CC(C)C)C3)[nH]2)c(C)n1. The molecule has 1 amide bonds. The number of amides is 1. The zero-order valence-electron chi connectivity index (χ0n) is 15.0. The Kier molecular flexibility index (Phi) is 4.73. The zero-order valence-corrected chi connectivity index (χ0v) is 15.0. The number of aryl methyl sites for hydroxylation is 2. The van der Waals surface area contributed by atoms with Gasteiger partial charge in [-0.15, -0.1) is 0 Å². The maximum Gasteiger partial charge on any atom is 0.223 e. The lowest BCUT2D eigenvalue weighted by molar-refractivity contribution is -0.128. The summed E-state index contributed by atoms with van der Waals surface area (Å²) in [6.45, 7) is 11.0. The van der Waals surface area contributed by atoms with E-state index in [0.717, 1.165) is 48.8 Å². The molecule has 1 aliphatic rings. The van der Waals surface area contributed by atoms with Crippen LogP contribution in [0.15, 0.2) is 12.4 Å². The van der Waals surface area contributed by atoms with E-state index < -0.39 is 0 Å². The first-order chi connectivity index (χ1) is 11.5. The van der Waals surface area contributed by atoms with E-state index in [0.29, 0.717) is 12.3 Å². The Morgan fingerprint density at radius 3 is 2.92 bits per heavy atom. The second-order valence-electron chi connectivity index (χ2n) is 7.17. The predicted octanol–water partition coefficient (Wildman–Crippen LogP) is 2.96. The summed E-state index contributed by atoms with van der Waals surface area (Å²) in [5.74, 6) is 1.80. The lowest BCUT2D eigenvalue weighted by Gasteiger charge is -2.18. The molecule has 0 aromatic carbocycles. The first-order valence-corrected chi connectivity index (χ1v) is 8.85. The number of likely N-dealkylation sites (tertiary alicyclic amines) is 1. The van der Waals surface area contributed by atoms with Gasteiger partial charge in [0.25, 0.3) is 0 Å². The molecule has 6 nitrogen and oxygen atoms in total. The Balaban J connectivity index is 1.75. The van der Waals surface area contributed by atoms with Crippen molar-refractivity contribution in [2.45, 2.75) is 53.0 Å². The summed E-state index contributed by atoms with van der Waals surface area (Å²) in [6, 6.07) is 0. The zero-order chi connectivity index (χ0) is 17.3. The van der Waals surface area contributed by atoms with Gasteiger partial charge in [-0.25, -0.2) is 4.98 Å². The van der Waals surface area contributed by atoms with Gasteiger partial charge in [-0.3, -0.25) is 9.48 Å². The van der Waals surface area contributed by atoms with Crippen LogP contribution in [0.2, 0.25) is 0 Å². The molecule has 1 atom stereocenters. The number of carbonyl (C=O) groups is 1. The van der Waals surface area contributed by atoms with E-state index in [9.17, 15) is 4.79 Å². The van der Waals surface area contributed by atoms with Gasteiger partial charge in [-0.2, -0.15) is 5.10 Å². The van der Waals surface area contributed by atoms with Crippen molar-refractivity contribution in [3.8, 4) is 11.3 Å². The van der Waals surface area contributed by atoms with E-state index in [-0.39, 0.29) is 11.8 Å². The third-order valence-corrected chi connectivity index (χ3v) is 4.47. The third kappa shape index (κ3) is 3.37. The molecule has 1 N–H and O–H groups in total. The highest BCUT2D eigenvalue weighted by molar-refractivity contribution is 5.79. The fourth-order valence-electron chi connectivity index (χ4n) is 3.38. The van der Waals surface area contributed by atoms with Gasteiger partial charge in [0.05, 0.1) is 17.6 Å². The minimum absolute atomic E-state index is 0.163. The van der Waals surface area contributed by atoms with E-state index in [1.54, 1.807) is 0 Å². The van der Waals surface area contributed by atoms with E-state index >= 15 is 0 Å². The minimum Gasteiger partial charge on any atom is -0.342 e. The fraction of sp³-hybridized carbons (Fsp3) is 0.611. The molecule has 0 unspecified atom stereocenters. The maximum absolute atomic E-state index is 12.2. The first kappa shape index (κ1) is 16.7. The Morgan fingerprint density at radius 2 is 2.21 bits per heavy atom. The summed E-state index contributed by atoms with van der Waals surface area (Å²) >= 11 is 0. The highest BCUT2D eigenvalue weighted by atomic mass is 16.2. The average Bonchev–Trinajstić information content (AvgIpc) is 3.19. The summed E-state index contributed by atoms with van der Waals surface area (Å²) in [5.41, 5.74) is 3.08.